The second kappa shape index (κ2) is 5.07. The van der Waals surface area contributed by atoms with Gasteiger partial charge in [-0.25, -0.2) is 0 Å². The molecule has 0 heterocycles. The monoisotopic (exact) mass is 243 g/mol. The van der Waals surface area contributed by atoms with Gasteiger partial charge in [-0.2, -0.15) is 0 Å². The first-order chi connectivity index (χ1) is 8.51. The van der Waals surface area contributed by atoms with Crippen molar-refractivity contribution in [2.45, 2.75) is 19.8 Å². The molecule has 2 nitrogen and oxygen atoms in total. The molecule has 0 saturated heterocycles. The van der Waals surface area contributed by atoms with Crippen LogP contribution < -0.4 is 0 Å². The van der Waals surface area contributed by atoms with E-state index < -0.39 is 0 Å². The summed E-state index contributed by atoms with van der Waals surface area (Å²) in [6, 6.07) is 10.1. The molecule has 0 amide bonds. The molecular weight excluding hydrogens is 222 g/mol. The van der Waals surface area contributed by atoms with Gasteiger partial charge >= 0.3 is 0 Å². The van der Waals surface area contributed by atoms with E-state index in [1.54, 1.807) is 0 Å². The first kappa shape index (κ1) is 13.0. The molecule has 96 valence electrons. The standard InChI is InChI=1S/C16H21NO/c1-16(12-17(2)3)10-9-14(15(16)18)11-13-7-5-4-6-8-13/h4-8,11H,9-10,12H2,1-3H3. The summed E-state index contributed by atoms with van der Waals surface area (Å²) >= 11 is 0. The molecule has 0 aromatic heterocycles. The Kier molecular flexibility index (Phi) is 3.67. The summed E-state index contributed by atoms with van der Waals surface area (Å²) < 4.78 is 0. The van der Waals surface area contributed by atoms with Gasteiger partial charge in [0.1, 0.15) is 0 Å². The Morgan fingerprint density at radius 3 is 2.56 bits per heavy atom. The molecule has 1 aliphatic carbocycles. The van der Waals surface area contributed by atoms with Crippen LogP contribution in [-0.2, 0) is 4.79 Å². The molecule has 0 N–H and O–H groups in total. The second-order valence-electron chi connectivity index (χ2n) is 5.71. The first-order valence-corrected chi connectivity index (χ1v) is 6.46. The van der Waals surface area contributed by atoms with E-state index in [0.29, 0.717) is 5.78 Å². The lowest BCUT2D eigenvalue weighted by atomic mass is 9.86. The van der Waals surface area contributed by atoms with Gasteiger partial charge in [0.05, 0.1) is 0 Å². The van der Waals surface area contributed by atoms with Crippen molar-refractivity contribution in [3.05, 3.63) is 41.5 Å². The average Bonchev–Trinajstić information content (AvgIpc) is 2.58. The van der Waals surface area contributed by atoms with Crippen LogP contribution in [0.5, 0.6) is 0 Å². The Balaban J connectivity index is 2.19. The largest absolute Gasteiger partial charge is 0.308 e. The quantitative estimate of drug-likeness (QED) is 0.761. The third-order valence-corrected chi connectivity index (χ3v) is 3.59. The summed E-state index contributed by atoms with van der Waals surface area (Å²) in [5, 5.41) is 0. The minimum atomic E-state index is -0.204. The summed E-state index contributed by atoms with van der Waals surface area (Å²) in [6.45, 7) is 2.92. The molecule has 1 saturated carbocycles. The molecule has 18 heavy (non-hydrogen) atoms. The molecule has 1 fully saturated rings. The van der Waals surface area contributed by atoms with Crippen molar-refractivity contribution in [3.8, 4) is 0 Å². The number of nitrogens with zero attached hydrogens (tertiary/aromatic N) is 1. The highest BCUT2D eigenvalue weighted by Gasteiger charge is 2.40. The smallest absolute Gasteiger partial charge is 0.166 e. The molecule has 1 aromatic rings. The van der Waals surface area contributed by atoms with Gasteiger partial charge < -0.3 is 4.90 Å². The number of hydrogen-bond donors (Lipinski definition) is 0. The second-order valence-corrected chi connectivity index (χ2v) is 5.71. The van der Waals surface area contributed by atoms with Crippen molar-refractivity contribution in [2.24, 2.45) is 5.41 Å². The Morgan fingerprint density at radius 2 is 1.94 bits per heavy atom. The van der Waals surface area contributed by atoms with Crippen LogP contribution in [0, 0.1) is 5.41 Å². The number of carbonyl (C=O) groups excluding carboxylic acids is 1. The van der Waals surface area contributed by atoms with Gasteiger partial charge in [0, 0.05) is 12.0 Å². The van der Waals surface area contributed by atoms with Crippen LogP contribution in [0.3, 0.4) is 0 Å². The summed E-state index contributed by atoms with van der Waals surface area (Å²) in [5.74, 6) is 0.319. The van der Waals surface area contributed by atoms with Crippen LogP contribution >= 0.6 is 0 Å². The lowest BCUT2D eigenvalue weighted by molar-refractivity contribution is -0.122. The summed E-state index contributed by atoms with van der Waals surface area (Å²) in [7, 11) is 4.05. The maximum Gasteiger partial charge on any atom is 0.166 e. The lowest BCUT2D eigenvalue weighted by Gasteiger charge is -2.25. The molecule has 2 rings (SSSR count). The first-order valence-electron chi connectivity index (χ1n) is 6.46. The zero-order valence-corrected chi connectivity index (χ0v) is 11.4. The normalized spacial score (nSPS) is 26.2. The van der Waals surface area contributed by atoms with Crippen molar-refractivity contribution < 1.29 is 4.79 Å². The third-order valence-electron chi connectivity index (χ3n) is 3.59. The number of allylic oxidation sites excluding steroid dienone is 1. The van der Waals surface area contributed by atoms with Gasteiger partial charge in [0.15, 0.2) is 5.78 Å². The van der Waals surface area contributed by atoms with Gasteiger partial charge in [0.25, 0.3) is 0 Å². The highest BCUT2D eigenvalue weighted by molar-refractivity contribution is 6.05. The van der Waals surface area contributed by atoms with Gasteiger partial charge in [0.2, 0.25) is 0 Å². The predicted octanol–water partition coefficient (Wildman–Crippen LogP) is 3.00. The Hall–Kier alpha value is -1.41. The van der Waals surface area contributed by atoms with E-state index >= 15 is 0 Å². The molecule has 1 aliphatic rings. The molecule has 0 radical (unpaired) electrons. The minimum Gasteiger partial charge on any atom is -0.308 e. The Labute approximate surface area is 109 Å². The van der Waals surface area contributed by atoms with Gasteiger partial charge in [-0.3, -0.25) is 4.79 Å². The van der Waals surface area contributed by atoms with E-state index in [1.807, 2.05) is 50.5 Å². The van der Waals surface area contributed by atoms with Gasteiger partial charge in [-0.1, -0.05) is 37.3 Å². The van der Waals surface area contributed by atoms with Gasteiger partial charge in [-0.05, 0) is 44.1 Å². The lowest BCUT2D eigenvalue weighted by Crippen LogP contribution is -2.34. The predicted molar refractivity (Wildman–Crippen MR) is 75.3 cm³/mol. The zero-order chi connectivity index (χ0) is 13.2. The van der Waals surface area contributed by atoms with E-state index in [-0.39, 0.29) is 5.41 Å². The van der Waals surface area contributed by atoms with E-state index in [9.17, 15) is 4.79 Å². The molecule has 0 aliphatic heterocycles. The maximum atomic E-state index is 12.5. The molecule has 1 unspecified atom stereocenters. The van der Waals surface area contributed by atoms with Gasteiger partial charge in [-0.15, -0.1) is 0 Å². The Morgan fingerprint density at radius 1 is 1.28 bits per heavy atom. The van der Waals surface area contributed by atoms with Crippen LogP contribution in [0.15, 0.2) is 35.9 Å². The minimum absolute atomic E-state index is 0.204. The maximum absolute atomic E-state index is 12.5. The highest BCUT2D eigenvalue weighted by Crippen LogP contribution is 2.38. The van der Waals surface area contributed by atoms with E-state index in [4.69, 9.17) is 0 Å². The number of carbonyl (C=O) groups is 1. The number of Topliss-reactive ketones (excluding diaryl/α,β-unsaturated/α-hetero) is 1. The molecule has 0 bridgehead atoms. The molecular formula is C16H21NO. The van der Waals surface area contributed by atoms with E-state index in [2.05, 4.69) is 11.8 Å². The van der Waals surface area contributed by atoms with Crippen LogP contribution in [0.1, 0.15) is 25.3 Å². The molecule has 1 aromatic carbocycles. The van der Waals surface area contributed by atoms with Crippen molar-refractivity contribution >= 4 is 11.9 Å². The zero-order valence-electron chi connectivity index (χ0n) is 11.4. The van der Waals surface area contributed by atoms with E-state index in [1.165, 1.54) is 0 Å². The molecule has 2 heteroatoms. The van der Waals surface area contributed by atoms with Crippen molar-refractivity contribution in [3.63, 3.8) is 0 Å². The number of rotatable bonds is 3. The summed E-state index contributed by atoms with van der Waals surface area (Å²) in [4.78, 5) is 14.6. The fourth-order valence-corrected chi connectivity index (χ4v) is 2.76. The molecule has 1 atom stereocenters. The van der Waals surface area contributed by atoms with Crippen LogP contribution in [0.4, 0.5) is 0 Å². The topological polar surface area (TPSA) is 20.3 Å². The van der Waals surface area contributed by atoms with Crippen LogP contribution in [-0.4, -0.2) is 31.3 Å². The van der Waals surface area contributed by atoms with Crippen molar-refractivity contribution in [2.75, 3.05) is 20.6 Å². The molecule has 0 spiro atoms. The fraction of sp³-hybridized carbons (Fsp3) is 0.438. The number of hydrogen-bond acceptors (Lipinski definition) is 2. The summed E-state index contributed by atoms with van der Waals surface area (Å²) in [6.07, 6.45) is 3.91. The number of benzene rings is 1. The highest BCUT2D eigenvalue weighted by atomic mass is 16.1. The fourth-order valence-electron chi connectivity index (χ4n) is 2.76. The summed E-state index contributed by atoms with van der Waals surface area (Å²) in [5.41, 5.74) is 1.89. The number of ketones is 1. The van der Waals surface area contributed by atoms with Crippen LogP contribution in [0.2, 0.25) is 0 Å². The average molecular weight is 243 g/mol. The van der Waals surface area contributed by atoms with E-state index in [0.717, 1.165) is 30.5 Å². The van der Waals surface area contributed by atoms with Crippen molar-refractivity contribution in [1.29, 1.82) is 0 Å². The third kappa shape index (κ3) is 2.70. The SMILES string of the molecule is CN(C)CC1(C)CCC(=Cc2ccccc2)C1=O. The van der Waals surface area contributed by atoms with Crippen molar-refractivity contribution in [1.82, 2.24) is 4.90 Å². The van der Waals surface area contributed by atoms with Crippen LogP contribution in [0.25, 0.3) is 6.08 Å². The Bertz CT molecular complexity index is 461.